The van der Waals surface area contributed by atoms with Crippen molar-refractivity contribution in [2.75, 3.05) is 7.11 Å². The van der Waals surface area contributed by atoms with Crippen LogP contribution in [0.3, 0.4) is 0 Å². The van der Waals surface area contributed by atoms with Gasteiger partial charge in [0.25, 0.3) is 5.91 Å². The van der Waals surface area contributed by atoms with E-state index in [1.165, 1.54) is 6.33 Å². The molecule has 4 aromatic rings. The van der Waals surface area contributed by atoms with E-state index in [0.29, 0.717) is 5.69 Å². The number of nitrogens with zero attached hydrogens (tertiary/aromatic N) is 2. The van der Waals surface area contributed by atoms with Crippen molar-refractivity contribution in [1.29, 1.82) is 0 Å². The van der Waals surface area contributed by atoms with E-state index in [1.54, 1.807) is 19.5 Å². The molecular formula is C26H25N5O4. The SMILES string of the molecule is COc1ccc(/C=N\NC(=O)[C@H](Cc2cnc[nH]2)NC(=O)OCc2ccccc2)c2ccccc12. The fourth-order valence-corrected chi connectivity index (χ4v) is 3.56. The van der Waals surface area contributed by atoms with Gasteiger partial charge in [0, 0.05) is 29.3 Å². The monoisotopic (exact) mass is 471 g/mol. The van der Waals surface area contributed by atoms with Crippen LogP contribution in [0.5, 0.6) is 5.75 Å². The van der Waals surface area contributed by atoms with E-state index >= 15 is 0 Å². The number of hydrogen-bond donors (Lipinski definition) is 3. The van der Waals surface area contributed by atoms with Crippen molar-refractivity contribution in [2.24, 2.45) is 5.10 Å². The lowest BCUT2D eigenvalue weighted by Crippen LogP contribution is -2.47. The van der Waals surface area contributed by atoms with Crippen LogP contribution >= 0.6 is 0 Å². The van der Waals surface area contributed by atoms with E-state index < -0.39 is 18.0 Å². The van der Waals surface area contributed by atoms with Gasteiger partial charge < -0.3 is 19.8 Å². The quantitative estimate of drug-likeness (QED) is 0.255. The van der Waals surface area contributed by atoms with Gasteiger partial charge in [0.2, 0.25) is 0 Å². The van der Waals surface area contributed by atoms with Gasteiger partial charge in [-0.05, 0) is 23.1 Å². The van der Waals surface area contributed by atoms with Crippen molar-refractivity contribution in [2.45, 2.75) is 19.1 Å². The number of ether oxygens (including phenoxy) is 2. The van der Waals surface area contributed by atoms with Crippen molar-refractivity contribution in [3.63, 3.8) is 0 Å². The molecule has 0 aliphatic heterocycles. The van der Waals surface area contributed by atoms with Crippen LogP contribution in [0.4, 0.5) is 4.79 Å². The van der Waals surface area contributed by atoms with Crippen LogP contribution in [0, 0.1) is 0 Å². The molecule has 0 spiro atoms. The lowest BCUT2D eigenvalue weighted by Gasteiger charge is -2.16. The van der Waals surface area contributed by atoms with Crippen LogP contribution in [-0.4, -0.2) is 41.3 Å². The number of H-pyrrole nitrogens is 1. The first-order valence-corrected chi connectivity index (χ1v) is 11.0. The number of imidazole rings is 1. The van der Waals surface area contributed by atoms with Gasteiger partial charge in [-0.1, -0.05) is 54.6 Å². The number of carbonyl (C=O) groups excluding carboxylic acids is 2. The molecule has 1 atom stereocenters. The Hall–Kier alpha value is -4.66. The van der Waals surface area contributed by atoms with Crippen LogP contribution in [0.2, 0.25) is 0 Å². The summed E-state index contributed by atoms with van der Waals surface area (Å²) in [7, 11) is 1.62. The second kappa shape index (κ2) is 11.5. The third-order valence-corrected chi connectivity index (χ3v) is 5.32. The molecule has 0 unspecified atom stereocenters. The molecule has 1 heterocycles. The zero-order valence-corrected chi connectivity index (χ0v) is 19.1. The van der Waals surface area contributed by atoms with Crippen LogP contribution in [0.1, 0.15) is 16.8 Å². The minimum absolute atomic E-state index is 0.0910. The largest absolute Gasteiger partial charge is 0.496 e. The summed E-state index contributed by atoms with van der Waals surface area (Å²) in [6.07, 6.45) is 4.13. The van der Waals surface area contributed by atoms with Crippen molar-refractivity contribution in [3.05, 3.63) is 96.1 Å². The highest BCUT2D eigenvalue weighted by atomic mass is 16.5. The molecule has 0 fully saturated rings. The van der Waals surface area contributed by atoms with Crippen LogP contribution in [0.15, 0.2) is 84.4 Å². The maximum absolute atomic E-state index is 12.9. The van der Waals surface area contributed by atoms with Gasteiger partial charge in [0.05, 0.1) is 19.7 Å². The van der Waals surface area contributed by atoms with Crippen LogP contribution < -0.4 is 15.5 Å². The first kappa shape index (κ1) is 23.5. The molecule has 2 amide bonds. The average Bonchev–Trinajstić information content (AvgIpc) is 3.41. The number of benzene rings is 3. The summed E-state index contributed by atoms with van der Waals surface area (Å²) < 4.78 is 10.7. The number of hydrazone groups is 1. The Morgan fingerprint density at radius 3 is 2.57 bits per heavy atom. The topological polar surface area (TPSA) is 118 Å². The summed E-state index contributed by atoms with van der Waals surface area (Å²) >= 11 is 0. The Kier molecular flexibility index (Phi) is 7.70. The van der Waals surface area contributed by atoms with Gasteiger partial charge in [-0.25, -0.2) is 15.2 Å². The molecule has 9 nitrogen and oxygen atoms in total. The Morgan fingerprint density at radius 2 is 1.83 bits per heavy atom. The standard InChI is InChI=1S/C26H25N5O4/c1-34-24-12-11-19(21-9-5-6-10-22(21)24)14-29-31-25(32)23(13-20-15-27-17-28-20)30-26(33)35-16-18-7-3-2-4-8-18/h2-12,14-15,17,23H,13,16H2,1H3,(H,27,28)(H,30,33)(H,31,32)/b29-14-/t23-/m0/s1. The van der Waals surface area contributed by atoms with E-state index in [9.17, 15) is 9.59 Å². The number of carbonyl (C=O) groups is 2. The molecule has 0 aliphatic carbocycles. The minimum Gasteiger partial charge on any atom is -0.496 e. The Morgan fingerprint density at radius 1 is 1.06 bits per heavy atom. The predicted molar refractivity (Wildman–Crippen MR) is 132 cm³/mol. The van der Waals surface area contributed by atoms with Crippen molar-refractivity contribution in [3.8, 4) is 5.75 Å². The lowest BCUT2D eigenvalue weighted by atomic mass is 10.0. The molecular weight excluding hydrogens is 446 g/mol. The van der Waals surface area contributed by atoms with E-state index in [4.69, 9.17) is 9.47 Å². The molecule has 4 rings (SSSR count). The highest BCUT2D eigenvalue weighted by Crippen LogP contribution is 2.27. The summed E-state index contributed by atoms with van der Waals surface area (Å²) in [5.74, 6) is 0.255. The highest BCUT2D eigenvalue weighted by Gasteiger charge is 2.22. The fraction of sp³-hybridized carbons (Fsp3) is 0.154. The maximum atomic E-state index is 12.9. The van der Waals surface area contributed by atoms with Gasteiger partial charge in [-0.3, -0.25) is 4.79 Å². The molecule has 0 saturated heterocycles. The molecule has 0 saturated carbocycles. The summed E-state index contributed by atoms with van der Waals surface area (Å²) in [4.78, 5) is 32.2. The van der Waals surface area contributed by atoms with E-state index in [-0.39, 0.29) is 13.0 Å². The molecule has 3 N–H and O–H groups in total. The molecule has 3 aromatic carbocycles. The normalized spacial score (nSPS) is 11.8. The van der Waals surface area contributed by atoms with Gasteiger partial charge in [0.1, 0.15) is 18.4 Å². The number of aromatic amines is 1. The van der Waals surface area contributed by atoms with Gasteiger partial charge in [-0.15, -0.1) is 0 Å². The van der Waals surface area contributed by atoms with E-state index in [2.05, 4.69) is 25.8 Å². The Labute approximate surface area is 202 Å². The lowest BCUT2D eigenvalue weighted by molar-refractivity contribution is -0.123. The maximum Gasteiger partial charge on any atom is 0.408 e. The number of methoxy groups -OCH3 is 1. The second-order valence-corrected chi connectivity index (χ2v) is 7.68. The molecule has 178 valence electrons. The predicted octanol–water partition coefficient (Wildman–Crippen LogP) is 3.56. The number of aromatic nitrogens is 2. The number of hydrogen-bond acceptors (Lipinski definition) is 6. The summed E-state index contributed by atoms with van der Waals surface area (Å²) in [6.45, 7) is 0.0910. The molecule has 1 aromatic heterocycles. The smallest absolute Gasteiger partial charge is 0.408 e. The van der Waals surface area contributed by atoms with Crippen molar-refractivity contribution < 1.29 is 19.1 Å². The Bertz CT molecular complexity index is 1310. The third kappa shape index (κ3) is 6.23. The van der Waals surface area contributed by atoms with Crippen molar-refractivity contribution >= 4 is 29.0 Å². The van der Waals surface area contributed by atoms with E-state index in [1.807, 2.05) is 66.7 Å². The Balaban J connectivity index is 1.43. The zero-order valence-electron chi connectivity index (χ0n) is 19.1. The zero-order chi connectivity index (χ0) is 24.5. The summed E-state index contributed by atoms with van der Waals surface area (Å²) in [6, 6.07) is 19.8. The fourth-order valence-electron chi connectivity index (χ4n) is 3.56. The van der Waals surface area contributed by atoms with Crippen LogP contribution in [0.25, 0.3) is 10.8 Å². The van der Waals surface area contributed by atoms with Gasteiger partial charge >= 0.3 is 6.09 Å². The van der Waals surface area contributed by atoms with Gasteiger partial charge in [-0.2, -0.15) is 5.10 Å². The van der Waals surface area contributed by atoms with Crippen molar-refractivity contribution in [1.82, 2.24) is 20.7 Å². The molecule has 9 heteroatoms. The molecule has 0 aliphatic rings. The summed E-state index contributed by atoms with van der Waals surface area (Å²) in [5.41, 5.74) is 4.84. The van der Waals surface area contributed by atoms with E-state index in [0.717, 1.165) is 27.6 Å². The highest BCUT2D eigenvalue weighted by molar-refractivity contribution is 6.02. The number of alkyl carbamates (subject to hydrolysis) is 1. The number of amides is 2. The average molecular weight is 472 g/mol. The second-order valence-electron chi connectivity index (χ2n) is 7.68. The molecule has 0 bridgehead atoms. The molecule has 0 radical (unpaired) electrons. The van der Waals surface area contributed by atoms with Crippen LogP contribution in [-0.2, 0) is 22.6 Å². The molecule has 35 heavy (non-hydrogen) atoms. The number of nitrogens with one attached hydrogen (secondary N) is 3. The van der Waals surface area contributed by atoms with Gasteiger partial charge in [0.15, 0.2) is 0 Å². The number of fused-ring (bicyclic) bond motifs is 1. The number of rotatable bonds is 9. The third-order valence-electron chi connectivity index (χ3n) is 5.32. The first-order chi connectivity index (χ1) is 17.1. The summed E-state index contributed by atoms with van der Waals surface area (Å²) in [5, 5.41) is 8.59. The minimum atomic E-state index is -0.927. The first-order valence-electron chi connectivity index (χ1n) is 11.0.